The molecule has 0 aliphatic carbocycles. The molecule has 0 spiro atoms. The summed E-state index contributed by atoms with van der Waals surface area (Å²) >= 11 is 0. The van der Waals surface area contributed by atoms with Gasteiger partial charge in [0.25, 0.3) is 0 Å². The Bertz CT molecular complexity index is 393. The van der Waals surface area contributed by atoms with Crippen molar-refractivity contribution < 1.29 is 9.47 Å². The normalized spacial score (nSPS) is 13.1. The van der Waals surface area contributed by atoms with Crippen molar-refractivity contribution in [2.75, 3.05) is 20.8 Å². The molecule has 0 bridgehead atoms. The highest BCUT2D eigenvalue weighted by Gasteiger charge is 2.29. The maximum atomic E-state index is 5.39. The Kier molecular flexibility index (Phi) is 6.34. The molecule has 0 fully saturated rings. The van der Waals surface area contributed by atoms with E-state index in [0.29, 0.717) is 0 Å². The zero-order valence-electron chi connectivity index (χ0n) is 13.7. The minimum absolute atomic E-state index is 0.173. The zero-order valence-corrected chi connectivity index (χ0v) is 13.7. The summed E-state index contributed by atoms with van der Waals surface area (Å²) in [6.45, 7) is 10.0. The molecule has 1 N–H and O–H groups in total. The molecule has 1 unspecified atom stereocenters. The van der Waals surface area contributed by atoms with Gasteiger partial charge in [0.15, 0.2) is 0 Å². The number of benzene rings is 1. The quantitative estimate of drug-likeness (QED) is 0.774. The second-order valence-electron chi connectivity index (χ2n) is 5.88. The van der Waals surface area contributed by atoms with Crippen LogP contribution in [0.3, 0.4) is 0 Å². The first-order valence-electron chi connectivity index (χ1n) is 7.44. The van der Waals surface area contributed by atoms with Crippen LogP contribution >= 0.6 is 0 Å². The SMILES string of the molecule is CCCNC(c1cc(OC)cc(OC)c1)C(C)(C)CC. The van der Waals surface area contributed by atoms with Gasteiger partial charge in [0.1, 0.15) is 11.5 Å². The Morgan fingerprint density at radius 2 is 1.60 bits per heavy atom. The van der Waals surface area contributed by atoms with Gasteiger partial charge in [-0.3, -0.25) is 0 Å². The summed E-state index contributed by atoms with van der Waals surface area (Å²) in [5, 5.41) is 3.67. The molecular weight excluding hydrogens is 250 g/mol. The number of hydrogen-bond donors (Lipinski definition) is 1. The van der Waals surface area contributed by atoms with Crippen molar-refractivity contribution in [1.29, 1.82) is 0 Å². The molecule has 1 rings (SSSR count). The van der Waals surface area contributed by atoms with E-state index in [9.17, 15) is 0 Å². The second-order valence-corrected chi connectivity index (χ2v) is 5.88. The lowest BCUT2D eigenvalue weighted by Gasteiger charge is -2.35. The standard InChI is InChI=1S/C17H29NO2/c1-7-9-18-16(17(3,4)8-2)13-10-14(19-5)12-15(11-13)20-6/h10-12,16,18H,7-9H2,1-6H3. The lowest BCUT2D eigenvalue weighted by molar-refractivity contribution is 0.233. The molecule has 0 radical (unpaired) electrons. The second kappa shape index (κ2) is 7.53. The van der Waals surface area contributed by atoms with E-state index in [1.165, 1.54) is 5.56 Å². The van der Waals surface area contributed by atoms with Gasteiger partial charge in [-0.1, -0.05) is 27.7 Å². The van der Waals surface area contributed by atoms with Crippen molar-refractivity contribution in [3.63, 3.8) is 0 Å². The predicted octanol–water partition coefficient (Wildman–Crippen LogP) is 4.18. The summed E-state index contributed by atoms with van der Waals surface area (Å²) in [4.78, 5) is 0. The predicted molar refractivity (Wildman–Crippen MR) is 84.7 cm³/mol. The fourth-order valence-corrected chi connectivity index (χ4v) is 2.33. The lowest BCUT2D eigenvalue weighted by atomic mass is 9.78. The average molecular weight is 279 g/mol. The van der Waals surface area contributed by atoms with Crippen LogP contribution in [-0.4, -0.2) is 20.8 Å². The molecule has 1 aromatic carbocycles. The molecule has 0 aliphatic rings. The molecule has 1 atom stereocenters. The first-order chi connectivity index (χ1) is 9.48. The van der Waals surface area contributed by atoms with Crippen LogP contribution in [0, 0.1) is 5.41 Å². The van der Waals surface area contributed by atoms with Crippen LogP contribution in [0.15, 0.2) is 18.2 Å². The Morgan fingerprint density at radius 1 is 1.05 bits per heavy atom. The van der Waals surface area contributed by atoms with Gasteiger partial charge in [-0.2, -0.15) is 0 Å². The Morgan fingerprint density at radius 3 is 2.00 bits per heavy atom. The molecular formula is C17H29NO2. The van der Waals surface area contributed by atoms with E-state index in [0.717, 1.165) is 30.9 Å². The largest absolute Gasteiger partial charge is 0.497 e. The fourth-order valence-electron chi connectivity index (χ4n) is 2.33. The van der Waals surface area contributed by atoms with Crippen LogP contribution in [0.25, 0.3) is 0 Å². The molecule has 3 heteroatoms. The van der Waals surface area contributed by atoms with Crippen molar-refractivity contribution in [2.45, 2.75) is 46.6 Å². The van der Waals surface area contributed by atoms with Crippen LogP contribution < -0.4 is 14.8 Å². The summed E-state index contributed by atoms with van der Waals surface area (Å²) in [6, 6.07) is 6.41. The average Bonchev–Trinajstić information content (AvgIpc) is 2.46. The van der Waals surface area contributed by atoms with Crippen molar-refractivity contribution in [3.05, 3.63) is 23.8 Å². The molecule has 114 valence electrons. The number of rotatable bonds is 8. The van der Waals surface area contributed by atoms with E-state index in [1.807, 2.05) is 6.07 Å². The van der Waals surface area contributed by atoms with E-state index < -0.39 is 0 Å². The third-order valence-electron chi connectivity index (χ3n) is 4.00. The summed E-state index contributed by atoms with van der Waals surface area (Å²) in [5.74, 6) is 1.68. The van der Waals surface area contributed by atoms with Gasteiger partial charge >= 0.3 is 0 Å². The molecule has 20 heavy (non-hydrogen) atoms. The van der Waals surface area contributed by atoms with Gasteiger partial charge in [0, 0.05) is 12.1 Å². The Hall–Kier alpha value is -1.22. The van der Waals surface area contributed by atoms with Gasteiger partial charge in [0.2, 0.25) is 0 Å². The topological polar surface area (TPSA) is 30.5 Å². The first-order valence-corrected chi connectivity index (χ1v) is 7.44. The molecule has 0 aromatic heterocycles. The van der Waals surface area contributed by atoms with E-state index in [-0.39, 0.29) is 11.5 Å². The van der Waals surface area contributed by atoms with Gasteiger partial charge < -0.3 is 14.8 Å². The van der Waals surface area contributed by atoms with Crippen LogP contribution in [0.1, 0.15) is 52.1 Å². The molecule has 0 amide bonds. The summed E-state index contributed by atoms with van der Waals surface area (Å²) < 4.78 is 10.8. The molecule has 3 nitrogen and oxygen atoms in total. The summed E-state index contributed by atoms with van der Waals surface area (Å²) in [5.41, 5.74) is 1.40. The number of methoxy groups -OCH3 is 2. The summed E-state index contributed by atoms with van der Waals surface area (Å²) in [7, 11) is 3.38. The highest BCUT2D eigenvalue weighted by molar-refractivity contribution is 5.40. The molecule has 0 saturated heterocycles. The maximum absolute atomic E-state index is 5.39. The van der Waals surface area contributed by atoms with E-state index >= 15 is 0 Å². The fraction of sp³-hybridized carbons (Fsp3) is 0.647. The summed E-state index contributed by atoms with van der Waals surface area (Å²) in [6.07, 6.45) is 2.23. The minimum atomic E-state index is 0.173. The van der Waals surface area contributed by atoms with E-state index in [2.05, 4.69) is 45.1 Å². The third kappa shape index (κ3) is 4.14. The van der Waals surface area contributed by atoms with Gasteiger partial charge in [0.05, 0.1) is 14.2 Å². The van der Waals surface area contributed by atoms with Gasteiger partial charge in [-0.15, -0.1) is 0 Å². The zero-order chi connectivity index (χ0) is 15.2. The first kappa shape index (κ1) is 16.8. The Balaban J connectivity index is 3.18. The van der Waals surface area contributed by atoms with E-state index in [1.54, 1.807) is 14.2 Å². The van der Waals surface area contributed by atoms with Crippen LogP contribution in [0.4, 0.5) is 0 Å². The van der Waals surface area contributed by atoms with Crippen molar-refractivity contribution in [3.8, 4) is 11.5 Å². The third-order valence-corrected chi connectivity index (χ3v) is 4.00. The monoisotopic (exact) mass is 279 g/mol. The lowest BCUT2D eigenvalue weighted by Crippen LogP contribution is -2.34. The number of hydrogen-bond acceptors (Lipinski definition) is 3. The molecule has 0 aliphatic heterocycles. The van der Waals surface area contributed by atoms with Gasteiger partial charge in [-0.05, 0) is 42.5 Å². The van der Waals surface area contributed by atoms with Crippen LogP contribution in [0.2, 0.25) is 0 Å². The van der Waals surface area contributed by atoms with E-state index in [4.69, 9.17) is 9.47 Å². The van der Waals surface area contributed by atoms with Crippen molar-refractivity contribution in [1.82, 2.24) is 5.32 Å². The minimum Gasteiger partial charge on any atom is -0.497 e. The van der Waals surface area contributed by atoms with Crippen molar-refractivity contribution in [2.24, 2.45) is 5.41 Å². The molecule has 0 heterocycles. The highest BCUT2D eigenvalue weighted by Crippen LogP contribution is 2.38. The highest BCUT2D eigenvalue weighted by atomic mass is 16.5. The molecule has 1 aromatic rings. The Labute approximate surface area is 123 Å². The van der Waals surface area contributed by atoms with Crippen LogP contribution in [-0.2, 0) is 0 Å². The van der Waals surface area contributed by atoms with Crippen molar-refractivity contribution >= 4 is 0 Å². The molecule has 0 saturated carbocycles. The number of nitrogens with one attached hydrogen (secondary N) is 1. The van der Waals surface area contributed by atoms with Gasteiger partial charge in [-0.25, -0.2) is 0 Å². The van der Waals surface area contributed by atoms with Crippen LogP contribution in [0.5, 0.6) is 11.5 Å². The number of ether oxygens (including phenoxy) is 2. The smallest absolute Gasteiger partial charge is 0.122 e. The maximum Gasteiger partial charge on any atom is 0.122 e.